The average molecular weight is 416 g/mol. The van der Waals surface area contributed by atoms with Crippen LogP contribution in [0, 0.1) is 0 Å². The van der Waals surface area contributed by atoms with E-state index in [4.69, 9.17) is 4.74 Å². The molecule has 3 rings (SSSR count). The van der Waals surface area contributed by atoms with Crippen LogP contribution in [-0.2, 0) is 26.1 Å². The van der Waals surface area contributed by atoms with Crippen molar-refractivity contribution in [3.05, 3.63) is 47.3 Å². The summed E-state index contributed by atoms with van der Waals surface area (Å²) in [4.78, 5) is 0. The third-order valence-corrected chi connectivity index (χ3v) is 10.0. The second-order valence-corrected chi connectivity index (χ2v) is 11.7. The molecule has 1 N–H and O–H groups in total. The van der Waals surface area contributed by atoms with E-state index in [1.807, 2.05) is 24.3 Å². The van der Waals surface area contributed by atoms with E-state index in [0.29, 0.717) is 13.0 Å². The van der Waals surface area contributed by atoms with E-state index in [0.717, 1.165) is 22.6 Å². The number of para-hydroxylation sites is 1. The molecule has 0 amide bonds. The van der Waals surface area contributed by atoms with Crippen molar-refractivity contribution >= 4 is 31.0 Å². The fourth-order valence-corrected chi connectivity index (χ4v) is 9.13. The molecule has 26 heavy (non-hydrogen) atoms. The van der Waals surface area contributed by atoms with Crippen LogP contribution in [0.4, 0.5) is 0 Å². The third kappa shape index (κ3) is 4.11. The molecular formula is C17H21NO5S3. The van der Waals surface area contributed by atoms with Gasteiger partial charge in [0.05, 0.1) is 23.9 Å². The summed E-state index contributed by atoms with van der Waals surface area (Å²) < 4.78 is 55.3. The molecule has 1 aromatic carbocycles. The van der Waals surface area contributed by atoms with Crippen LogP contribution in [-0.4, -0.2) is 53.3 Å². The van der Waals surface area contributed by atoms with E-state index in [-0.39, 0.29) is 15.7 Å². The van der Waals surface area contributed by atoms with E-state index < -0.39 is 31.0 Å². The molecule has 6 nitrogen and oxygen atoms in total. The minimum atomic E-state index is -3.67. The van der Waals surface area contributed by atoms with Crippen molar-refractivity contribution in [2.24, 2.45) is 0 Å². The van der Waals surface area contributed by atoms with Crippen LogP contribution >= 0.6 is 11.3 Å². The molecule has 2 aromatic rings. The maximum Gasteiger partial charge on any atom is 0.193 e. The zero-order chi connectivity index (χ0) is 18.8. The van der Waals surface area contributed by atoms with Crippen molar-refractivity contribution in [2.45, 2.75) is 21.9 Å². The summed E-state index contributed by atoms with van der Waals surface area (Å²) in [6.07, 6.45) is 0.617. The molecule has 0 saturated carbocycles. The molecule has 1 saturated heterocycles. The Kier molecular flexibility index (Phi) is 5.71. The highest BCUT2D eigenvalue weighted by atomic mass is 32.2. The summed E-state index contributed by atoms with van der Waals surface area (Å²) >= 11 is 1.12. The van der Waals surface area contributed by atoms with Crippen molar-refractivity contribution in [3.63, 3.8) is 0 Å². The fourth-order valence-electron chi connectivity index (χ4n) is 3.19. The quantitative estimate of drug-likeness (QED) is 0.738. The van der Waals surface area contributed by atoms with Crippen LogP contribution in [0.2, 0.25) is 0 Å². The summed E-state index contributed by atoms with van der Waals surface area (Å²) in [5, 5.41) is 3.87. The van der Waals surface area contributed by atoms with Crippen molar-refractivity contribution in [1.29, 1.82) is 0 Å². The van der Waals surface area contributed by atoms with Crippen LogP contribution in [0.25, 0.3) is 0 Å². The number of methoxy groups -OCH3 is 1. The first-order chi connectivity index (χ1) is 12.3. The molecule has 0 radical (unpaired) electrons. The minimum absolute atomic E-state index is 0.159. The molecular weight excluding hydrogens is 394 g/mol. The van der Waals surface area contributed by atoms with Gasteiger partial charge < -0.3 is 10.1 Å². The molecule has 0 unspecified atom stereocenters. The van der Waals surface area contributed by atoms with Gasteiger partial charge in [-0.2, -0.15) is 0 Å². The lowest BCUT2D eigenvalue weighted by Crippen LogP contribution is -2.43. The zero-order valence-electron chi connectivity index (χ0n) is 14.3. The molecule has 1 aliphatic rings. The Balaban J connectivity index is 1.73. The molecule has 1 aliphatic heterocycles. The monoisotopic (exact) mass is 415 g/mol. The molecule has 9 heteroatoms. The largest absolute Gasteiger partial charge is 0.496 e. The van der Waals surface area contributed by atoms with Gasteiger partial charge >= 0.3 is 0 Å². The number of benzene rings is 1. The van der Waals surface area contributed by atoms with Gasteiger partial charge in [-0.05, 0) is 36.0 Å². The third-order valence-electron chi connectivity index (χ3n) is 4.47. The van der Waals surface area contributed by atoms with Gasteiger partial charge in [-0.1, -0.05) is 24.3 Å². The van der Waals surface area contributed by atoms with Crippen LogP contribution in [0.3, 0.4) is 0 Å². The van der Waals surface area contributed by atoms with E-state index in [1.165, 1.54) is 6.07 Å². The highest BCUT2D eigenvalue weighted by Crippen LogP contribution is 2.28. The van der Waals surface area contributed by atoms with E-state index in [9.17, 15) is 16.8 Å². The van der Waals surface area contributed by atoms with E-state index in [2.05, 4.69) is 5.32 Å². The number of hydrogen-bond donors (Lipinski definition) is 1. The van der Waals surface area contributed by atoms with E-state index >= 15 is 0 Å². The fraction of sp³-hybridized carbons (Fsp3) is 0.412. The highest BCUT2D eigenvalue weighted by molar-refractivity contribution is 7.97. The van der Waals surface area contributed by atoms with Gasteiger partial charge in [-0.15, -0.1) is 11.3 Å². The lowest BCUT2D eigenvalue weighted by Gasteiger charge is -2.19. The first-order valence-electron chi connectivity index (χ1n) is 8.16. The molecule has 0 aliphatic carbocycles. The van der Waals surface area contributed by atoms with Crippen molar-refractivity contribution in [1.82, 2.24) is 5.32 Å². The molecule has 0 spiro atoms. The lowest BCUT2D eigenvalue weighted by atomic mass is 10.1. The first kappa shape index (κ1) is 19.3. The normalized spacial score (nSPS) is 22.3. The van der Waals surface area contributed by atoms with Gasteiger partial charge in [-0.3, -0.25) is 0 Å². The van der Waals surface area contributed by atoms with Crippen LogP contribution < -0.4 is 10.1 Å². The minimum Gasteiger partial charge on any atom is -0.496 e. The first-order valence-corrected chi connectivity index (χ1v) is 12.4. The van der Waals surface area contributed by atoms with Gasteiger partial charge in [0.1, 0.15) is 9.96 Å². The molecule has 2 atom stereocenters. The van der Waals surface area contributed by atoms with Crippen LogP contribution in [0.1, 0.15) is 5.56 Å². The number of ether oxygens (including phenoxy) is 1. The van der Waals surface area contributed by atoms with Crippen molar-refractivity contribution < 1.29 is 21.6 Å². The Morgan fingerprint density at radius 2 is 1.96 bits per heavy atom. The Morgan fingerprint density at radius 3 is 2.65 bits per heavy atom. The van der Waals surface area contributed by atoms with Crippen LogP contribution in [0.5, 0.6) is 5.75 Å². The second kappa shape index (κ2) is 7.67. The van der Waals surface area contributed by atoms with E-state index in [1.54, 1.807) is 18.6 Å². The Morgan fingerprint density at radius 1 is 1.19 bits per heavy atom. The van der Waals surface area contributed by atoms with Gasteiger partial charge in [0.15, 0.2) is 19.7 Å². The molecule has 2 heterocycles. The summed E-state index contributed by atoms with van der Waals surface area (Å²) in [6.45, 7) is 0.469. The molecule has 0 bridgehead atoms. The average Bonchev–Trinajstić information content (AvgIpc) is 3.24. The van der Waals surface area contributed by atoms with Crippen LogP contribution in [0.15, 0.2) is 46.0 Å². The SMILES string of the molecule is COc1ccccc1CCN[C@H]1CS(=O)(=O)C[C@@H]1S(=O)(=O)c1cccs1. The lowest BCUT2D eigenvalue weighted by molar-refractivity contribution is 0.408. The van der Waals surface area contributed by atoms with Gasteiger partial charge in [0, 0.05) is 6.04 Å². The van der Waals surface area contributed by atoms with Gasteiger partial charge in [0.25, 0.3) is 0 Å². The zero-order valence-corrected chi connectivity index (χ0v) is 16.7. The highest BCUT2D eigenvalue weighted by Gasteiger charge is 2.45. The number of hydrogen-bond acceptors (Lipinski definition) is 7. The number of thiophene rings is 1. The Hall–Kier alpha value is -1.42. The molecule has 142 valence electrons. The molecule has 1 fully saturated rings. The standard InChI is InChI=1S/C17H21NO5S3/c1-23-15-6-3-2-5-13(15)8-9-18-14-11-25(19,20)12-16(14)26(21,22)17-7-4-10-24-17/h2-7,10,14,16,18H,8-9,11-12H2,1H3/t14-,16-/m0/s1. The van der Waals surface area contributed by atoms with Gasteiger partial charge in [-0.25, -0.2) is 16.8 Å². The summed E-state index contributed by atoms with van der Waals surface area (Å²) in [7, 11) is -5.46. The Bertz CT molecular complexity index is 952. The maximum absolute atomic E-state index is 12.8. The summed E-state index contributed by atoms with van der Waals surface area (Å²) in [6, 6.07) is 10.2. The molecule has 1 aromatic heterocycles. The number of sulfone groups is 2. The second-order valence-electron chi connectivity index (χ2n) is 6.21. The van der Waals surface area contributed by atoms with Gasteiger partial charge in [0.2, 0.25) is 0 Å². The summed E-state index contributed by atoms with van der Waals surface area (Å²) in [5.74, 6) is 0.268. The predicted molar refractivity (Wildman–Crippen MR) is 102 cm³/mol. The number of nitrogens with one attached hydrogen (secondary N) is 1. The maximum atomic E-state index is 12.8. The predicted octanol–water partition coefficient (Wildman–Crippen LogP) is 1.53. The number of rotatable bonds is 7. The smallest absolute Gasteiger partial charge is 0.193 e. The van der Waals surface area contributed by atoms with Crippen molar-refractivity contribution in [2.75, 3.05) is 25.2 Å². The Labute approximate surface area is 158 Å². The van der Waals surface area contributed by atoms with Crippen molar-refractivity contribution in [3.8, 4) is 5.75 Å². The topological polar surface area (TPSA) is 89.5 Å². The summed E-state index contributed by atoms with van der Waals surface area (Å²) in [5.41, 5.74) is 0.987.